The molecule has 3 aromatic rings. The van der Waals surface area contributed by atoms with Crippen molar-refractivity contribution in [2.75, 3.05) is 12.1 Å². The summed E-state index contributed by atoms with van der Waals surface area (Å²) in [4.78, 5) is 16.1. The van der Waals surface area contributed by atoms with E-state index in [1.165, 1.54) is 12.1 Å². The van der Waals surface area contributed by atoms with Crippen LogP contribution in [0.4, 0.5) is 10.1 Å². The van der Waals surface area contributed by atoms with E-state index in [4.69, 9.17) is 9.47 Å². The van der Waals surface area contributed by atoms with Crippen LogP contribution in [0.15, 0.2) is 42.6 Å². The van der Waals surface area contributed by atoms with Crippen LogP contribution in [0.5, 0.6) is 11.5 Å². The first-order chi connectivity index (χ1) is 12.2. The molecule has 0 atom stereocenters. The van der Waals surface area contributed by atoms with Crippen LogP contribution in [0.1, 0.15) is 18.4 Å². The lowest BCUT2D eigenvalue weighted by Gasteiger charge is -2.15. The van der Waals surface area contributed by atoms with Crippen LogP contribution in [0, 0.1) is 5.82 Å². The van der Waals surface area contributed by atoms with Crippen LogP contribution in [0.25, 0.3) is 10.9 Å². The number of benzene rings is 2. The molecule has 1 aliphatic heterocycles. The fourth-order valence-corrected chi connectivity index (χ4v) is 3.46. The Kier molecular flexibility index (Phi) is 2.86. The van der Waals surface area contributed by atoms with Gasteiger partial charge in [-0.25, -0.2) is 4.39 Å². The maximum absolute atomic E-state index is 13.6. The standard InChI is InChI=1S/C19H15FN2O3/c20-11-1-3-15-13(7-11)14(9-21-15)19(5-6-19)18(23)22-12-2-4-16-17(8-12)25-10-24-16/h1-4,7-9,21H,5-6,10H2,(H,22,23). The summed E-state index contributed by atoms with van der Waals surface area (Å²) in [6.07, 6.45) is 3.30. The molecule has 1 aromatic heterocycles. The summed E-state index contributed by atoms with van der Waals surface area (Å²) < 4.78 is 24.3. The van der Waals surface area contributed by atoms with Gasteiger partial charge in [0.1, 0.15) is 5.82 Å². The van der Waals surface area contributed by atoms with Crippen LogP contribution in [0.2, 0.25) is 0 Å². The number of hydrogen-bond donors (Lipinski definition) is 2. The molecule has 1 amide bonds. The average molecular weight is 338 g/mol. The average Bonchev–Trinajstić information content (AvgIpc) is 3.10. The highest BCUT2D eigenvalue weighted by atomic mass is 19.1. The Morgan fingerprint density at radius 3 is 2.80 bits per heavy atom. The number of rotatable bonds is 3. The largest absolute Gasteiger partial charge is 0.454 e. The Labute approximate surface area is 142 Å². The lowest BCUT2D eigenvalue weighted by molar-refractivity contribution is -0.118. The van der Waals surface area contributed by atoms with Gasteiger partial charge in [0.05, 0.1) is 5.41 Å². The number of ether oxygens (including phenoxy) is 2. The quantitative estimate of drug-likeness (QED) is 0.765. The molecule has 0 spiro atoms. The minimum Gasteiger partial charge on any atom is -0.454 e. The second-order valence-corrected chi connectivity index (χ2v) is 6.50. The van der Waals surface area contributed by atoms with Gasteiger partial charge < -0.3 is 19.8 Å². The van der Waals surface area contributed by atoms with Crippen molar-refractivity contribution in [3.8, 4) is 11.5 Å². The molecule has 2 aromatic carbocycles. The Morgan fingerprint density at radius 2 is 1.96 bits per heavy atom. The highest BCUT2D eigenvalue weighted by Gasteiger charge is 2.52. The van der Waals surface area contributed by atoms with Crippen LogP contribution in [-0.4, -0.2) is 17.7 Å². The van der Waals surface area contributed by atoms with E-state index in [0.29, 0.717) is 17.2 Å². The van der Waals surface area contributed by atoms with Crippen molar-refractivity contribution in [2.24, 2.45) is 0 Å². The summed E-state index contributed by atoms with van der Waals surface area (Å²) >= 11 is 0. The van der Waals surface area contributed by atoms with Gasteiger partial charge in [-0.1, -0.05) is 0 Å². The second kappa shape index (κ2) is 4.99. The summed E-state index contributed by atoms with van der Waals surface area (Å²) in [6, 6.07) is 9.91. The lowest BCUT2D eigenvalue weighted by Crippen LogP contribution is -2.27. The molecule has 25 heavy (non-hydrogen) atoms. The van der Waals surface area contributed by atoms with Crippen molar-refractivity contribution in [1.82, 2.24) is 4.98 Å². The first-order valence-corrected chi connectivity index (χ1v) is 8.14. The number of carbonyl (C=O) groups is 1. The van der Waals surface area contributed by atoms with E-state index in [1.807, 2.05) is 6.20 Å². The van der Waals surface area contributed by atoms with Crippen LogP contribution >= 0.6 is 0 Å². The van der Waals surface area contributed by atoms with Crippen LogP contribution in [-0.2, 0) is 10.2 Å². The Morgan fingerprint density at radius 1 is 1.12 bits per heavy atom. The monoisotopic (exact) mass is 338 g/mol. The van der Waals surface area contributed by atoms with E-state index < -0.39 is 5.41 Å². The number of nitrogens with one attached hydrogen (secondary N) is 2. The molecule has 1 aliphatic carbocycles. The molecule has 1 fully saturated rings. The zero-order chi connectivity index (χ0) is 17.0. The van der Waals surface area contributed by atoms with E-state index in [0.717, 1.165) is 29.3 Å². The number of anilines is 1. The third kappa shape index (κ3) is 2.17. The number of aromatic amines is 1. The summed E-state index contributed by atoms with van der Waals surface area (Å²) in [5.74, 6) is 0.903. The van der Waals surface area contributed by atoms with Crippen molar-refractivity contribution in [3.05, 3.63) is 54.0 Å². The minimum absolute atomic E-state index is 0.0865. The van der Waals surface area contributed by atoms with Gasteiger partial charge in [0.15, 0.2) is 11.5 Å². The third-order valence-corrected chi connectivity index (χ3v) is 4.97. The summed E-state index contributed by atoms with van der Waals surface area (Å²) in [5.41, 5.74) is 1.73. The van der Waals surface area contributed by atoms with E-state index in [-0.39, 0.29) is 18.5 Å². The molecule has 5 rings (SSSR count). The maximum Gasteiger partial charge on any atom is 0.235 e. The number of aromatic nitrogens is 1. The lowest BCUT2D eigenvalue weighted by atomic mass is 9.94. The Hall–Kier alpha value is -3.02. The van der Waals surface area contributed by atoms with Crippen LogP contribution < -0.4 is 14.8 Å². The molecular weight excluding hydrogens is 323 g/mol. The molecule has 0 bridgehead atoms. The number of amides is 1. The van der Waals surface area contributed by atoms with E-state index in [2.05, 4.69) is 10.3 Å². The summed E-state index contributed by atoms with van der Waals surface area (Å²) in [6.45, 7) is 0.192. The molecule has 6 heteroatoms. The summed E-state index contributed by atoms with van der Waals surface area (Å²) in [5, 5.41) is 3.72. The van der Waals surface area contributed by atoms with Gasteiger partial charge in [0, 0.05) is 28.9 Å². The minimum atomic E-state index is -0.609. The predicted octanol–water partition coefficient (Wildman–Crippen LogP) is 3.71. The zero-order valence-electron chi connectivity index (χ0n) is 13.3. The Bertz CT molecular complexity index is 1010. The van der Waals surface area contributed by atoms with Gasteiger partial charge in [0.25, 0.3) is 0 Å². The van der Waals surface area contributed by atoms with Gasteiger partial charge in [-0.2, -0.15) is 0 Å². The van der Waals surface area contributed by atoms with E-state index >= 15 is 0 Å². The summed E-state index contributed by atoms with van der Waals surface area (Å²) in [7, 11) is 0. The molecule has 1 saturated carbocycles. The van der Waals surface area contributed by atoms with Gasteiger partial charge in [-0.05, 0) is 48.7 Å². The first-order valence-electron chi connectivity index (χ1n) is 8.14. The maximum atomic E-state index is 13.6. The highest BCUT2D eigenvalue weighted by Crippen LogP contribution is 2.51. The van der Waals surface area contributed by atoms with Gasteiger partial charge in [-0.3, -0.25) is 4.79 Å². The van der Waals surface area contributed by atoms with Crippen molar-refractivity contribution >= 4 is 22.5 Å². The fourth-order valence-electron chi connectivity index (χ4n) is 3.46. The topological polar surface area (TPSA) is 63.4 Å². The molecule has 0 unspecified atom stereocenters. The molecule has 0 radical (unpaired) electrons. The highest BCUT2D eigenvalue weighted by molar-refractivity contribution is 6.04. The number of fused-ring (bicyclic) bond motifs is 2. The van der Waals surface area contributed by atoms with Crippen molar-refractivity contribution in [1.29, 1.82) is 0 Å². The number of hydrogen-bond acceptors (Lipinski definition) is 3. The van der Waals surface area contributed by atoms with Gasteiger partial charge >= 0.3 is 0 Å². The van der Waals surface area contributed by atoms with Crippen molar-refractivity contribution in [2.45, 2.75) is 18.3 Å². The molecular formula is C19H15FN2O3. The van der Waals surface area contributed by atoms with Crippen LogP contribution in [0.3, 0.4) is 0 Å². The second-order valence-electron chi connectivity index (χ2n) is 6.50. The van der Waals surface area contributed by atoms with Crippen molar-refractivity contribution in [3.63, 3.8) is 0 Å². The molecule has 5 nitrogen and oxygen atoms in total. The van der Waals surface area contributed by atoms with Crippen molar-refractivity contribution < 1.29 is 18.7 Å². The third-order valence-electron chi connectivity index (χ3n) is 4.97. The SMILES string of the molecule is O=C(Nc1ccc2c(c1)OCO2)C1(c2c[nH]c3ccc(F)cc23)CC1. The number of carbonyl (C=O) groups excluding carboxylic acids is 1. The zero-order valence-corrected chi connectivity index (χ0v) is 13.3. The molecule has 2 N–H and O–H groups in total. The first kappa shape index (κ1) is 14.3. The van der Waals surface area contributed by atoms with E-state index in [1.54, 1.807) is 24.3 Å². The smallest absolute Gasteiger partial charge is 0.235 e. The number of H-pyrrole nitrogens is 1. The number of halogens is 1. The van der Waals surface area contributed by atoms with Gasteiger partial charge in [-0.15, -0.1) is 0 Å². The molecule has 2 heterocycles. The van der Waals surface area contributed by atoms with E-state index in [9.17, 15) is 9.18 Å². The Balaban J connectivity index is 1.47. The predicted molar refractivity (Wildman–Crippen MR) is 90.4 cm³/mol. The fraction of sp³-hybridized carbons (Fsp3) is 0.211. The molecule has 126 valence electrons. The molecule has 2 aliphatic rings. The van der Waals surface area contributed by atoms with Gasteiger partial charge in [0.2, 0.25) is 12.7 Å². The normalized spacial score (nSPS) is 16.8. The molecule has 0 saturated heterocycles.